The van der Waals surface area contributed by atoms with Crippen LogP contribution in [0.4, 0.5) is 0 Å². The van der Waals surface area contributed by atoms with Crippen LogP contribution in [0.5, 0.6) is 0 Å². The van der Waals surface area contributed by atoms with Crippen molar-refractivity contribution in [2.45, 2.75) is 31.0 Å². The molecular formula is C17H26N6O6S. The molecule has 1 aliphatic rings. The summed E-state index contributed by atoms with van der Waals surface area (Å²) in [6.07, 6.45) is 0.147. The predicted molar refractivity (Wildman–Crippen MR) is 107 cm³/mol. The first-order valence-corrected chi connectivity index (χ1v) is 10.4. The van der Waals surface area contributed by atoms with Crippen molar-refractivity contribution in [1.82, 2.24) is 15.1 Å². The summed E-state index contributed by atoms with van der Waals surface area (Å²) < 4.78 is 28.1. The molecule has 0 aliphatic carbocycles. The number of nitrogens with one attached hydrogen (secondary N) is 3. The van der Waals surface area contributed by atoms with Crippen molar-refractivity contribution in [3.8, 4) is 0 Å². The van der Waals surface area contributed by atoms with Crippen molar-refractivity contribution in [2.75, 3.05) is 20.6 Å². The van der Waals surface area contributed by atoms with Gasteiger partial charge in [-0.15, -0.1) is 0 Å². The standard InChI is InChI=1S/C17H26N6O6S/c1-23(2)30(26,27)29-17(25)13(18)9-21-15(24)8-12-7-14(22-28-12)10-3-5-11(6-4-10)16(19)20/h3-6,12-14,22H,7-9,18H2,1-2H3,(H3,19,20)(H,21,24)/t12-,13?,14+/m1/s1. The highest BCUT2D eigenvalue weighted by Gasteiger charge is 2.29. The van der Waals surface area contributed by atoms with E-state index < -0.39 is 34.3 Å². The Bertz CT molecular complexity index is 889. The van der Waals surface area contributed by atoms with Crippen LogP contribution in [0, 0.1) is 5.41 Å². The van der Waals surface area contributed by atoms with Gasteiger partial charge in [-0.05, 0) is 12.0 Å². The van der Waals surface area contributed by atoms with Crippen LogP contribution in [-0.4, -0.2) is 63.2 Å². The summed E-state index contributed by atoms with van der Waals surface area (Å²) in [5.74, 6) is -1.60. The van der Waals surface area contributed by atoms with Crippen LogP contribution >= 0.6 is 0 Å². The molecule has 2 rings (SSSR count). The van der Waals surface area contributed by atoms with Gasteiger partial charge in [-0.3, -0.25) is 15.0 Å². The fraction of sp³-hybridized carbons (Fsp3) is 0.471. The molecule has 12 nitrogen and oxygen atoms in total. The number of nitrogens with two attached hydrogens (primary N) is 2. The number of nitrogens with zero attached hydrogens (tertiary/aromatic N) is 1. The number of hydrogen-bond donors (Lipinski definition) is 5. The minimum absolute atomic E-state index is 0.0202. The van der Waals surface area contributed by atoms with Gasteiger partial charge in [0.1, 0.15) is 11.9 Å². The number of hydrogen-bond acceptors (Lipinski definition) is 9. The third-order valence-electron chi connectivity index (χ3n) is 4.37. The molecule has 1 aromatic carbocycles. The van der Waals surface area contributed by atoms with Crippen LogP contribution in [0.15, 0.2) is 24.3 Å². The molecule has 13 heteroatoms. The van der Waals surface area contributed by atoms with Crippen LogP contribution in [0.2, 0.25) is 0 Å². The van der Waals surface area contributed by atoms with Crippen LogP contribution in [0.1, 0.15) is 30.0 Å². The summed E-state index contributed by atoms with van der Waals surface area (Å²) >= 11 is 0. The summed E-state index contributed by atoms with van der Waals surface area (Å²) in [7, 11) is -1.79. The van der Waals surface area contributed by atoms with Gasteiger partial charge in [0.15, 0.2) is 0 Å². The van der Waals surface area contributed by atoms with Gasteiger partial charge in [0.05, 0.1) is 18.6 Å². The van der Waals surface area contributed by atoms with Gasteiger partial charge < -0.3 is 21.0 Å². The van der Waals surface area contributed by atoms with E-state index in [1.165, 1.54) is 14.1 Å². The van der Waals surface area contributed by atoms with Crippen molar-refractivity contribution in [2.24, 2.45) is 11.5 Å². The molecule has 1 amide bonds. The van der Waals surface area contributed by atoms with E-state index in [1.807, 2.05) is 12.1 Å². The zero-order chi connectivity index (χ0) is 22.5. The molecule has 3 atom stereocenters. The van der Waals surface area contributed by atoms with Gasteiger partial charge in [0.2, 0.25) is 5.91 Å². The third kappa shape index (κ3) is 6.47. The topological polar surface area (TPSA) is 190 Å². The normalized spacial score (nSPS) is 20.0. The molecular weight excluding hydrogens is 416 g/mol. The Hall–Kier alpha value is -2.58. The number of nitrogen functional groups attached to an aromatic ring is 1. The molecule has 1 heterocycles. The molecule has 0 aromatic heterocycles. The molecule has 0 saturated carbocycles. The van der Waals surface area contributed by atoms with E-state index in [-0.39, 0.29) is 24.8 Å². The first kappa shape index (κ1) is 23.7. The van der Waals surface area contributed by atoms with E-state index in [0.717, 1.165) is 9.87 Å². The predicted octanol–water partition coefficient (Wildman–Crippen LogP) is -1.51. The first-order chi connectivity index (χ1) is 14.0. The third-order valence-corrected chi connectivity index (χ3v) is 5.64. The average Bonchev–Trinajstić information content (AvgIpc) is 3.14. The molecule has 0 radical (unpaired) electrons. The monoisotopic (exact) mass is 442 g/mol. The maximum Gasteiger partial charge on any atom is 0.387 e. The van der Waals surface area contributed by atoms with Crippen LogP contribution in [-0.2, 0) is 28.9 Å². The lowest BCUT2D eigenvalue weighted by molar-refractivity contribution is -0.135. The largest absolute Gasteiger partial charge is 0.387 e. The van der Waals surface area contributed by atoms with Crippen molar-refractivity contribution in [1.29, 1.82) is 5.41 Å². The van der Waals surface area contributed by atoms with Gasteiger partial charge in [-0.25, -0.2) is 4.79 Å². The summed E-state index contributed by atoms with van der Waals surface area (Å²) in [5, 5.41) is 9.87. The number of amides is 1. The smallest absolute Gasteiger partial charge is 0.384 e. The zero-order valence-corrected chi connectivity index (χ0v) is 17.4. The second-order valence-electron chi connectivity index (χ2n) is 6.94. The highest BCUT2D eigenvalue weighted by molar-refractivity contribution is 7.84. The van der Waals surface area contributed by atoms with Crippen LogP contribution < -0.4 is 22.3 Å². The molecule has 0 spiro atoms. The van der Waals surface area contributed by atoms with Gasteiger partial charge in [0.25, 0.3) is 0 Å². The maximum absolute atomic E-state index is 12.1. The Morgan fingerprint density at radius 1 is 1.37 bits per heavy atom. The summed E-state index contributed by atoms with van der Waals surface area (Å²) in [4.78, 5) is 29.2. The number of amidine groups is 1. The first-order valence-electron chi connectivity index (χ1n) is 9.03. The molecule has 1 unspecified atom stereocenters. The van der Waals surface area contributed by atoms with Crippen LogP contribution in [0.3, 0.4) is 0 Å². The summed E-state index contributed by atoms with van der Waals surface area (Å²) in [6.45, 7) is -0.281. The number of carbonyl (C=O) groups excluding carboxylic acids is 2. The Kier molecular flexibility index (Phi) is 7.86. The van der Waals surface area contributed by atoms with Crippen molar-refractivity contribution in [3.05, 3.63) is 35.4 Å². The fourth-order valence-electron chi connectivity index (χ4n) is 2.59. The van der Waals surface area contributed by atoms with Gasteiger partial charge in [-0.1, -0.05) is 24.3 Å². The van der Waals surface area contributed by atoms with E-state index in [4.69, 9.17) is 21.7 Å². The average molecular weight is 442 g/mol. The van der Waals surface area contributed by atoms with E-state index in [0.29, 0.717) is 12.0 Å². The highest BCUT2D eigenvalue weighted by Crippen LogP contribution is 2.27. The summed E-state index contributed by atoms with van der Waals surface area (Å²) in [6, 6.07) is 5.66. The van der Waals surface area contributed by atoms with Crippen LogP contribution in [0.25, 0.3) is 0 Å². The quantitative estimate of drug-likeness (QED) is 0.223. The van der Waals surface area contributed by atoms with E-state index >= 15 is 0 Å². The minimum Gasteiger partial charge on any atom is -0.384 e. The van der Waals surface area contributed by atoms with Crippen molar-refractivity contribution >= 4 is 28.0 Å². The maximum atomic E-state index is 12.1. The number of hydroxylamine groups is 1. The molecule has 7 N–H and O–H groups in total. The van der Waals surface area contributed by atoms with E-state index in [2.05, 4.69) is 15.0 Å². The van der Waals surface area contributed by atoms with E-state index in [9.17, 15) is 18.0 Å². The molecule has 166 valence electrons. The number of rotatable bonds is 9. The second-order valence-corrected chi connectivity index (χ2v) is 8.69. The van der Waals surface area contributed by atoms with Gasteiger partial charge in [0, 0.05) is 26.2 Å². The molecule has 1 fully saturated rings. The van der Waals surface area contributed by atoms with Crippen molar-refractivity contribution < 1.29 is 27.0 Å². The lowest BCUT2D eigenvalue weighted by Crippen LogP contribution is -2.45. The fourth-order valence-corrected chi connectivity index (χ4v) is 3.07. The molecule has 30 heavy (non-hydrogen) atoms. The molecule has 1 aliphatic heterocycles. The second kappa shape index (κ2) is 9.95. The Labute approximate surface area is 174 Å². The summed E-state index contributed by atoms with van der Waals surface area (Å²) in [5.41, 5.74) is 15.4. The van der Waals surface area contributed by atoms with Gasteiger partial charge in [-0.2, -0.15) is 18.2 Å². The SMILES string of the molecule is CN(C)S(=O)(=O)OC(=O)C(N)CNC(=O)C[C@H]1C[C@@H](c2ccc(C(=N)N)cc2)NO1. The lowest BCUT2D eigenvalue weighted by atomic mass is 9.99. The van der Waals surface area contributed by atoms with Crippen molar-refractivity contribution in [3.63, 3.8) is 0 Å². The lowest BCUT2D eigenvalue weighted by Gasteiger charge is -2.15. The Morgan fingerprint density at radius 2 is 2.00 bits per heavy atom. The molecule has 1 saturated heterocycles. The number of carbonyl (C=O) groups is 2. The zero-order valence-electron chi connectivity index (χ0n) is 16.6. The number of benzene rings is 1. The van der Waals surface area contributed by atoms with E-state index in [1.54, 1.807) is 12.1 Å². The Morgan fingerprint density at radius 3 is 2.57 bits per heavy atom. The minimum atomic E-state index is -4.20. The molecule has 0 bridgehead atoms. The highest BCUT2D eigenvalue weighted by atomic mass is 32.2. The Balaban J connectivity index is 1.77. The molecule has 1 aromatic rings. The van der Waals surface area contributed by atoms with Gasteiger partial charge >= 0.3 is 16.3 Å².